The Morgan fingerprint density at radius 3 is 2.67 bits per heavy atom. The van der Waals surface area contributed by atoms with E-state index in [4.69, 9.17) is 9.52 Å². The molecule has 2 rings (SSSR count). The fourth-order valence-electron chi connectivity index (χ4n) is 1.66. The number of hydrogen-bond acceptors (Lipinski definition) is 5. The van der Waals surface area contributed by atoms with E-state index in [1.165, 1.54) is 11.3 Å². The molecule has 6 nitrogen and oxygen atoms in total. The molecule has 1 amide bonds. The highest BCUT2D eigenvalue weighted by Gasteiger charge is 2.22. The molecule has 2 aromatic heterocycles. The zero-order valence-corrected chi connectivity index (χ0v) is 12.7. The van der Waals surface area contributed by atoms with Crippen molar-refractivity contribution in [3.05, 3.63) is 29.0 Å². The quantitative estimate of drug-likeness (QED) is 0.885. The molecule has 0 aliphatic heterocycles. The van der Waals surface area contributed by atoms with E-state index < -0.39 is 17.9 Å². The molecule has 0 saturated carbocycles. The normalized spacial score (nSPS) is 13.7. The van der Waals surface area contributed by atoms with Crippen molar-refractivity contribution in [1.82, 2.24) is 10.3 Å². The molecule has 0 saturated heterocycles. The number of hydrogen-bond donors (Lipinski definition) is 2. The van der Waals surface area contributed by atoms with E-state index in [-0.39, 0.29) is 11.6 Å². The Balaban J connectivity index is 2.07. The Morgan fingerprint density at radius 1 is 1.38 bits per heavy atom. The van der Waals surface area contributed by atoms with Gasteiger partial charge in [-0.15, -0.1) is 11.3 Å². The van der Waals surface area contributed by atoms with Crippen LogP contribution in [-0.4, -0.2) is 28.0 Å². The van der Waals surface area contributed by atoms with Crippen LogP contribution in [0.3, 0.4) is 0 Å². The van der Waals surface area contributed by atoms with Gasteiger partial charge in [-0.3, -0.25) is 9.59 Å². The summed E-state index contributed by atoms with van der Waals surface area (Å²) in [6, 6.07) is 3.14. The van der Waals surface area contributed by atoms with Crippen molar-refractivity contribution in [2.24, 2.45) is 5.92 Å². The van der Waals surface area contributed by atoms with Gasteiger partial charge in [0.15, 0.2) is 10.8 Å². The molecule has 2 heterocycles. The van der Waals surface area contributed by atoms with Gasteiger partial charge in [0, 0.05) is 11.4 Å². The molecule has 0 spiro atoms. The Morgan fingerprint density at radius 2 is 2.10 bits per heavy atom. The lowest BCUT2D eigenvalue weighted by Gasteiger charge is -2.16. The van der Waals surface area contributed by atoms with Crippen LogP contribution in [0.25, 0.3) is 10.8 Å². The fourth-order valence-corrected chi connectivity index (χ4v) is 2.42. The summed E-state index contributed by atoms with van der Waals surface area (Å²) in [5, 5.41) is 13.8. The number of rotatable bonds is 5. The van der Waals surface area contributed by atoms with Gasteiger partial charge in [0.05, 0.1) is 5.92 Å². The van der Waals surface area contributed by atoms with Crippen molar-refractivity contribution in [1.29, 1.82) is 0 Å². The minimum absolute atomic E-state index is 0.258. The highest BCUT2D eigenvalue weighted by molar-refractivity contribution is 7.13. The second-order valence-corrected chi connectivity index (χ2v) is 5.70. The van der Waals surface area contributed by atoms with Crippen molar-refractivity contribution in [3.63, 3.8) is 0 Å². The van der Waals surface area contributed by atoms with Crippen LogP contribution in [0.5, 0.6) is 0 Å². The molecule has 112 valence electrons. The van der Waals surface area contributed by atoms with Crippen molar-refractivity contribution in [3.8, 4) is 10.8 Å². The van der Waals surface area contributed by atoms with Crippen LogP contribution >= 0.6 is 11.3 Å². The van der Waals surface area contributed by atoms with Crippen LogP contribution in [-0.2, 0) is 4.79 Å². The number of nitrogens with one attached hydrogen (secondary N) is 1. The number of aromatic nitrogens is 1. The number of carboxylic acids is 1. The van der Waals surface area contributed by atoms with Crippen LogP contribution in [0.2, 0.25) is 0 Å². The molecule has 0 fully saturated rings. The predicted octanol–water partition coefficient (Wildman–Crippen LogP) is 2.55. The fraction of sp³-hybridized carbons (Fsp3) is 0.357. The first-order valence-electron chi connectivity index (χ1n) is 6.44. The molecule has 21 heavy (non-hydrogen) atoms. The second kappa shape index (κ2) is 6.09. The summed E-state index contributed by atoms with van der Waals surface area (Å²) in [7, 11) is 0. The molecule has 0 aliphatic carbocycles. The van der Waals surface area contributed by atoms with Gasteiger partial charge in [0.2, 0.25) is 0 Å². The number of nitrogens with zero attached hydrogens (tertiary/aromatic N) is 1. The van der Waals surface area contributed by atoms with Crippen molar-refractivity contribution in [2.45, 2.75) is 26.8 Å². The van der Waals surface area contributed by atoms with Crippen LogP contribution in [0.1, 0.15) is 30.1 Å². The van der Waals surface area contributed by atoms with Gasteiger partial charge in [-0.1, -0.05) is 0 Å². The third-order valence-electron chi connectivity index (χ3n) is 3.19. The third kappa shape index (κ3) is 3.49. The van der Waals surface area contributed by atoms with Gasteiger partial charge >= 0.3 is 5.97 Å². The standard InChI is InChI=1S/C14H16N2O4S/c1-7-4-5-11(20-7)13-16-10(6-21-13)12(17)15-9(3)8(2)14(18)19/h4-6,8-9H,1-3H3,(H,15,17)(H,18,19). The second-order valence-electron chi connectivity index (χ2n) is 4.84. The molecular weight excluding hydrogens is 292 g/mol. The van der Waals surface area contributed by atoms with E-state index in [2.05, 4.69) is 10.3 Å². The highest BCUT2D eigenvalue weighted by atomic mass is 32.1. The highest BCUT2D eigenvalue weighted by Crippen LogP contribution is 2.25. The van der Waals surface area contributed by atoms with Gasteiger partial charge in [-0.05, 0) is 32.9 Å². The number of carboxylic acid groups (broad SMARTS) is 1. The third-order valence-corrected chi connectivity index (χ3v) is 4.04. The lowest BCUT2D eigenvalue weighted by atomic mass is 10.0. The smallest absolute Gasteiger partial charge is 0.308 e. The summed E-state index contributed by atoms with van der Waals surface area (Å²) in [4.78, 5) is 27.1. The average molecular weight is 308 g/mol. The van der Waals surface area contributed by atoms with Gasteiger partial charge < -0.3 is 14.8 Å². The van der Waals surface area contributed by atoms with E-state index in [0.29, 0.717) is 10.8 Å². The maximum absolute atomic E-state index is 12.0. The van der Waals surface area contributed by atoms with Gasteiger partial charge in [-0.2, -0.15) is 0 Å². The van der Waals surface area contributed by atoms with Gasteiger partial charge in [-0.25, -0.2) is 4.98 Å². The van der Waals surface area contributed by atoms with E-state index in [0.717, 1.165) is 5.76 Å². The van der Waals surface area contributed by atoms with Crippen molar-refractivity contribution in [2.75, 3.05) is 0 Å². The monoisotopic (exact) mass is 308 g/mol. The molecule has 2 N–H and O–H groups in total. The Kier molecular flexibility index (Phi) is 4.42. The maximum atomic E-state index is 12.0. The summed E-state index contributed by atoms with van der Waals surface area (Å²) in [5.41, 5.74) is 0.258. The molecule has 0 aliphatic rings. The number of carbonyl (C=O) groups is 2. The summed E-state index contributed by atoms with van der Waals surface area (Å²) in [6.07, 6.45) is 0. The SMILES string of the molecule is Cc1ccc(-c2nc(C(=O)NC(C)C(C)C(=O)O)cs2)o1. The molecule has 0 bridgehead atoms. The average Bonchev–Trinajstić information content (AvgIpc) is 3.05. The predicted molar refractivity (Wildman–Crippen MR) is 78.3 cm³/mol. The largest absolute Gasteiger partial charge is 0.481 e. The van der Waals surface area contributed by atoms with Gasteiger partial charge in [0.25, 0.3) is 5.91 Å². The number of aryl methyl sites for hydroxylation is 1. The molecule has 7 heteroatoms. The molecule has 2 aromatic rings. The number of thiazole rings is 1. The Labute approximate surface area is 125 Å². The summed E-state index contributed by atoms with van der Waals surface area (Å²) < 4.78 is 5.45. The summed E-state index contributed by atoms with van der Waals surface area (Å²) in [5.74, 6) is -0.618. The summed E-state index contributed by atoms with van der Waals surface area (Å²) >= 11 is 1.30. The van der Waals surface area contributed by atoms with Crippen molar-refractivity contribution < 1.29 is 19.1 Å². The van der Waals surface area contributed by atoms with Gasteiger partial charge in [0.1, 0.15) is 11.5 Å². The lowest BCUT2D eigenvalue weighted by Crippen LogP contribution is -2.40. The number of amides is 1. The first-order chi connectivity index (χ1) is 9.88. The van der Waals surface area contributed by atoms with Crippen LogP contribution in [0, 0.1) is 12.8 Å². The first-order valence-corrected chi connectivity index (χ1v) is 7.32. The van der Waals surface area contributed by atoms with Crippen LogP contribution < -0.4 is 5.32 Å². The van der Waals surface area contributed by atoms with Crippen molar-refractivity contribution >= 4 is 23.2 Å². The van der Waals surface area contributed by atoms with E-state index in [1.807, 2.05) is 13.0 Å². The molecule has 0 radical (unpaired) electrons. The Bertz CT molecular complexity index is 661. The zero-order valence-electron chi connectivity index (χ0n) is 11.9. The molecule has 2 unspecified atom stereocenters. The first kappa shape index (κ1) is 15.2. The van der Waals surface area contributed by atoms with Crippen LogP contribution in [0.4, 0.5) is 0 Å². The summed E-state index contributed by atoms with van der Waals surface area (Å²) in [6.45, 7) is 5.03. The minimum Gasteiger partial charge on any atom is -0.481 e. The number of carbonyl (C=O) groups excluding carboxylic acids is 1. The minimum atomic E-state index is -0.951. The number of furan rings is 1. The molecule has 0 aromatic carbocycles. The van der Waals surface area contributed by atoms with Crippen LogP contribution in [0.15, 0.2) is 21.9 Å². The van der Waals surface area contributed by atoms with E-state index >= 15 is 0 Å². The number of aliphatic carboxylic acids is 1. The topological polar surface area (TPSA) is 92.4 Å². The molecular formula is C14H16N2O4S. The van der Waals surface area contributed by atoms with E-state index in [9.17, 15) is 9.59 Å². The Hall–Kier alpha value is -2.15. The molecule has 2 atom stereocenters. The maximum Gasteiger partial charge on any atom is 0.308 e. The van der Waals surface area contributed by atoms with E-state index in [1.54, 1.807) is 25.3 Å². The lowest BCUT2D eigenvalue weighted by molar-refractivity contribution is -0.141. The zero-order chi connectivity index (χ0) is 15.6.